The first-order valence-electron chi connectivity index (χ1n) is 14.7. The summed E-state index contributed by atoms with van der Waals surface area (Å²) in [6, 6.07) is 2.47. The molecule has 0 aliphatic rings. The molecule has 0 unspecified atom stereocenters. The molecule has 0 radical (unpaired) electrons. The zero-order valence-electron chi connectivity index (χ0n) is 26.3. The van der Waals surface area contributed by atoms with Crippen LogP contribution in [0.5, 0.6) is 0 Å². The molecule has 0 spiro atoms. The number of rotatable bonds is 22. The third-order valence-corrected chi connectivity index (χ3v) is 6.39. The number of hydrogen-bond acceptors (Lipinski definition) is 11. The van der Waals surface area contributed by atoms with Crippen LogP contribution < -0.4 is 49.1 Å². The number of aliphatic hydroxyl groups is 1. The fraction of sp³-hybridized carbons (Fsp3) is 0.464. The van der Waals surface area contributed by atoms with E-state index in [0.717, 1.165) is 0 Å². The zero-order valence-corrected chi connectivity index (χ0v) is 26.3. The Kier molecular flexibility index (Phi) is 18.4. The molecule has 1 rings (SSSR count). The Bertz CT molecular complexity index is 1360. The smallest absolute Gasteiger partial charge is 0.326 e. The van der Waals surface area contributed by atoms with Gasteiger partial charge in [-0.05, 0) is 18.4 Å². The minimum Gasteiger partial charge on any atom is -0.481 e. The van der Waals surface area contributed by atoms with Crippen molar-refractivity contribution in [3.05, 3.63) is 35.9 Å². The molecular formula is C28H42N10O11. The molecule has 0 bridgehead atoms. The van der Waals surface area contributed by atoms with Crippen molar-refractivity contribution in [1.29, 1.82) is 0 Å². The van der Waals surface area contributed by atoms with Crippen molar-refractivity contribution in [3.8, 4) is 0 Å². The standard InChI is InChI=1S/C28H42N10O11/c29-11-20(40)36-19(14-39)24(45)34-12-21(41)33-13-22(42)35-17(10-23(43)44)26(47)37-16(7-4-8-32-28(30)31)25(46)38-18(27(48)49)9-15-5-2-1-3-6-15/h1-3,5-6,16-19,39H,4,7-14,29H2,(H,33,41)(H,34,45)(H,35,42)(H,36,40)(H,37,47)(H,38,46)(H,43,44)(H,48,49)(H4,30,31,32)/t16-,17-,18-,19-/m0/s1. The van der Waals surface area contributed by atoms with Gasteiger partial charge >= 0.3 is 11.9 Å². The summed E-state index contributed by atoms with van der Waals surface area (Å²) in [6.45, 7) is -2.66. The molecule has 49 heavy (non-hydrogen) atoms. The van der Waals surface area contributed by atoms with E-state index in [4.69, 9.17) is 17.2 Å². The summed E-state index contributed by atoms with van der Waals surface area (Å²) in [5, 5.41) is 41.5. The second kappa shape index (κ2) is 21.9. The summed E-state index contributed by atoms with van der Waals surface area (Å²) in [5.74, 6) is -8.69. The zero-order chi connectivity index (χ0) is 36.9. The molecule has 0 aromatic heterocycles. The van der Waals surface area contributed by atoms with Gasteiger partial charge in [-0.25, -0.2) is 4.79 Å². The van der Waals surface area contributed by atoms with Crippen LogP contribution in [0.3, 0.4) is 0 Å². The number of hydrogen-bond donors (Lipinski definition) is 12. The second-order valence-electron chi connectivity index (χ2n) is 10.3. The van der Waals surface area contributed by atoms with Gasteiger partial charge in [0.25, 0.3) is 0 Å². The van der Waals surface area contributed by atoms with E-state index in [0.29, 0.717) is 5.56 Å². The highest BCUT2D eigenvalue weighted by molar-refractivity contribution is 5.96. The Morgan fingerprint density at radius 1 is 0.714 bits per heavy atom. The SMILES string of the molecule is NCC(=O)N[C@@H](CO)C(=O)NCC(=O)NCC(=O)N[C@@H](CC(=O)O)C(=O)N[C@@H](CCCN=C(N)N)C(=O)N[C@@H](Cc1ccccc1)C(=O)O. The minimum atomic E-state index is -1.74. The minimum absolute atomic E-state index is 0.0345. The average molecular weight is 695 g/mol. The number of nitrogens with zero attached hydrogens (tertiary/aromatic N) is 1. The second-order valence-corrected chi connectivity index (χ2v) is 10.3. The Morgan fingerprint density at radius 2 is 1.31 bits per heavy atom. The molecule has 0 saturated heterocycles. The summed E-state index contributed by atoms with van der Waals surface area (Å²) in [5.41, 5.74) is 16.4. The van der Waals surface area contributed by atoms with E-state index in [1.807, 2.05) is 0 Å². The molecule has 0 saturated carbocycles. The van der Waals surface area contributed by atoms with Gasteiger partial charge in [0.15, 0.2) is 5.96 Å². The molecule has 4 atom stereocenters. The van der Waals surface area contributed by atoms with Gasteiger partial charge in [0.2, 0.25) is 35.4 Å². The van der Waals surface area contributed by atoms with Crippen molar-refractivity contribution in [2.24, 2.45) is 22.2 Å². The van der Waals surface area contributed by atoms with Crippen LogP contribution in [0.4, 0.5) is 0 Å². The first kappa shape index (κ1) is 41.2. The number of amides is 6. The predicted molar refractivity (Wildman–Crippen MR) is 170 cm³/mol. The van der Waals surface area contributed by atoms with Crippen molar-refractivity contribution < 1.29 is 53.7 Å². The van der Waals surface area contributed by atoms with Gasteiger partial charge in [0.1, 0.15) is 24.2 Å². The van der Waals surface area contributed by atoms with Gasteiger partial charge in [-0.3, -0.25) is 38.6 Å². The van der Waals surface area contributed by atoms with Crippen LogP contribution in [0.25, 0.3) is 0 Å². The number of benzene rings is 1. The lowest BCUT2D eigenvalue weighted by Crippen LogP contribution is -2.57. The number of carbonyl (C=O) groups is 8. The maximum atomic E-state index is 13.2. The fourth-order valence-electron chi connectivity index (χ4n) is 3.98. The summed E-state index contributed by atoms with van der Waals surface area (Å²) in [6.07, 6.45) is -1.01. The first-order chi connectivity index (χ1) is 23.2. The molecule has 1 aromatic carbocycles. The van der Waals surface area contributed by atoms with Crippen LogP contribution in [0.1, 0.15) is 24.8 Å². The number of guanidine groups is 1. The monoisotopic (exact) mass is 694 g/mol. The van der Waals surface area contributed by atoms with Gasteiger partial charge in [-0.2, -0.15) is 0 Å². The molecule has 6 amide bonds. The highest BCUT2D eigenvalue weighted by atomic mass is 16.4. The van der Waals surface area contributed by atoms with Gasteiger partial charge in [0, 0.05) is 13.0 Å². The van der Waals surface area contributed by atoms with E-state index in [1.54, 1.807) is 30.3 Å². The number of aliphatic imine (C=N–C) groups is 1. The molecule has 270 valence electrons. The Labute approximate surface area is 279 Å². The Balaban J connectivity index is 2.92. The fourth-order valence-corrected chi connectivity index (χ4v) is 3.98. The number of aliphatic hydroxyl groups excluding tert-OH is 1. The lowest BCUT2D eigenvalue weighted by atomic mass is 10.0. The number of carboxylic acids is 2. The summed E-state index contributed by atoms with van der Waals surface area (Å²) in [7, 11) is 0. The van der Waals surface area contributed by atoms with Crippen molar-refractivity contribution in [1.82, 2.24) is 31.9 Å². The van der Waals surface area contributed by atoms with Crippen molar-refractivity contribution in [2.75, 3.05) is 32.8 Å². The van der Waals surface area contributed by atoms with Gasteiger partial charge in [-0.15, -0.1) is 0 Å². The molecule has 0 fully saturated rings. The molecule has 0 aliphatic carbocycles. The predicted octanol–water partition coefficient (Wildman–Crippen LogP) is -6.04. The van der Waals surface area contributed by atoms with Crippen molar-refractivity contribution in [3.63, 3.8) is 0 Å². The van der Waals surface area contributed by atoms with Crippen LogP contribution >= 0.6 is 0 Å². The molecule has 0 heterocycles. The lowest BCUT2D eigenvalue weighted by Gasteiger charge is -2.24. The molecule has 15 N–H and O–H groups in total. The van der Waals surface area contributed by atoms with E-state index in [9.17, 15) is 53.7 Å². The average Bonchev–Trinajstić information content (AvgIpc) is 3.05. The van der Waals surface area contributed by atoms with Crippen LogP contribution in [-0.2, 0) is 44.8 Å². The molecule has 21 heteroatoms. The highest BCUT2D eigenvalue weighted by Gasteiger charge is 2.31. The molecule has 1 aromatic rings. The molecule has 21 nitrogen and oxygen atoms in total. The summed E-state index contributed by atoms with van der Waals surface area (Å²) in [4.78, 5) is 102. The topological polar surface area (TPSA) is 360 Å². The van der Waals surface area contributed by atoms with Gasteiger partial charge in [0.05, 0.1) is 32.7 Å². The summed E-state index contributed by atoms with van der Waals surface area (Å²) >= 11 is 0. The van der Waals surface area contributed by atoms with E-state index in [1.165, 1.54) is 0 Å². The van der Waals surface area contributed by atoms with Crippen LogP contribution in [0.15, 0.2) is 35.3 Å². The number of aliphatic carboxylic acids is 2. The maximum absolute atomic E-state index is 13.2. The largest absolute Gasteiger partial charge is 0.481 e. The van der Waals surface area contributed by atoms with E-state index >= 15 is 0 Å². The molecular weight excluding hydrogens is 652 g/mol. The van der Waals surface area contributed by atoms with Crippen LogP contribution in [0.2, 0.25) is 0 Å². The van der Waals surface area contributed by atoms with Gasteiger partial charge < -0.3 is 64.4 Å². The van der Waals surface area contributed by atoms with Crippen LogP contribution in [-0.4, -0.2) is 126 Å². The normalized spacial score (nSPS) is 12.9. The lowest BCUT2D eigenvalue weighted by molar-refractivity contribution is -0.143. The first-order valence-corrected chi connectivity index (χ1v) is 14.7. The van der Waals surface area contributed by atoms with E-state index in [-0.39, 0.29) is 31.8 Å². The number of nitrogens with one attached hydrogen (secondary N) is 6. The highest BCUT2D eigenvalue weighted by Crippen LogP contribution is 2.06. The van der Waals surface area contributed by atoms with Crippen molar-refractivity contribution >= 4 is 53.3 Å². The van der Waals surface area contributed by atoms with E-state index in [2.05, 4.69) is 36.9 Å². The summed E-state index contributed by atoms with van der Waals surface area (Å²) < 4.78 is 0. The van der Waals surface area contributed by atoms with Gasteiger partial charge in [-0.1, -0.05) is 30.3 Å². The number of carboxylic acid groups (broad SMARTS) is 2. The third-order valence-electron chi connectivity index (χ3n) is 6.39. The van der Waals surface area contributed by atoms with E-state index < -0.39 is 104 Å². The molecule has 0 aliphatic heterocycles. The number of carbonyl (C=O) groups excluding carboxylic acids is 6. The van der Waals surface area contributed by atoms with Crippen LogP contribution in [0, 0.1) is 0 Å². The Hall–Kier alpha value is -5.83. The number of nitrogens with two attached hydrogens (primary N) is 3. The Morgan fingerprint density at radius 3 is 1.88 bits per heavy atom. The third kappa shape index (κ3) is 17.1. The maximum Gasteiger partial charge on any atom is 0.326 e. The van der Waals surface area contributed by atoms with Crippen molar-refractivity contribution in [2.45, 2.75) is 49.9 Å². The quantitative estimate of drug-likeness (QED) is 0.0305.